The van der Waals surface area contributed by atoms with Gasteiger partial charge in [-0.15, -0.1) is 0 Å². The van der Waals surface area contributed by atoms with E-state index in [1.54, 1.807) is 0 Å². The molecule has 3 unspecified atom stereocenters. The zero-order chi connectivity index (χ0) is 11.7. The Hall–Kier alpha value is 0.470. The maximum Gasteiger partial charge on any atom is 0.337 e. The van der Waals surface area contributed by atoms with Gasteiger partial charge in [0.1, 0.15) is 18.0 Å². The predicted molar refractivity (Wildman–Crippen MR) is 78.0 cm³/mol. The topological polar surface area (TPSA) is 35.5 Å². The summed E-state index contributed by atoms with van der Waals surface area (Å²) in [5, 5.41) is 0. The summed E-state index contributed by atoms with van der Waals surface area (Å²) in [7, 11) is 0. The smallest absolute Gasteiger partial charge is 0.337 e. The van der Waals surface area contributed by atoms with Crippen LogP contribution in [0.3, 0.4) is 0 Å². The second kappa shape index (κ2) is 5.41. The molecule has 3 nitrogen and oxygen atoms in total. The number of hydrogen-bond donors (Lipinski definition) is 0. The molecule has 0 N–H and O–H groups in total. The molecular weight excluding hydrogens is 434 g/mol. The molecule has 0 aromatic heterocycles. The van der Waals surface area contributed by atoms with Crippen molar-refractivity contribution >= 4 is 51.2 Å². The van der Waals surface area contributed by atoms with Gasteiger partial charge in [0.15, 0.2) is 0 Å². The van der Waals surface area contributed by atoms with Crippen LogP contribution in [0, 0.1) is 0 Å². The SMILES string of the molecule is CC(I)C1C/C(=C2\CCC(CI)O2)C(=O)O1. The van der Waals surface area contributed by atoms with Crippen molar-refractivity contribution in [2.45, 2.75) is 42.3 Å². The second-order valence-electron chi connectivity index (χ2n) is 4.16. The van der Waals surface area contributed by atoms with Gasteiger partial charge in [-0.25, -0.2) is 4.79 Å². The van der Waals surface area contributed by atoms with Gasteiger partial charge in [-0.1, -0.05) is 45.2 Å². The predicted octanol–water partition coefficient (Wildman–Crippen LogP) is 2.99. The first-order valence-electron chi connectivity index (χ1n) is 5.41. The highest BCUT2D eigenvalue weighted by Crippen LogP contribution is 2.34. The van der Waals surface area contributed by atoms with Crippen LogP contribution in [0.1, 0.15) is 26.2 Å². The van der Waals surface area contributed by atoms with Crippen molar-refractivity contribution in [1.29, 1.82) is 0 Å². The summed E-state index contributed by atoms with van der Waals surface area (Å²) >= 11 is 4.62. The van der Waals surface area contributed by atoms with Crippen molar-refractivity contribution in [3.05, 3.63) is 11.3 Å². The Balaban J connectivity index is 2.10. The van der Waals surface area contributed by atoms with Gasteiger partial charge in [0.05, 0.1) is 5.57 Å². The van der Waals surface area contributed by atoms with E-state index in [0.29, 0.717) is 10.3 Å². The van der Waals surface area contributed by atoms with Crippen molar-refractivity contribution < 1.29 is 14.3 Å². The van der Waals surface area contributed by atoms with E-state index < -0.39 is 0 Å². The number of carbonyl (C=O) groups is 1. The molecule has 0 aromatic rings. The van der Waals surface area contributed by atoms with Gasteiger partial charge in [0.25, 0.3) is 0 Å². The third-order valence-corrected chi connectivity index (χ3v) is 4.72. The van der Waals surface area contributed by atoms with Crippen molar-refractivity contribution in [1.82, 2.24) is 0 Å². The maximum atomic E-state index is 11.7. The molecule has 3 atom stereocenters. The highest BCUT2D eigenvalue weighted by Gasteiger charge is 2.36. The van der Waals surface area contributed by atoms with Gasteiger partial charge in [-0.05, 0) is 13.3 Å². The van der Waals surface area contributed by atoms with E-state index in [1.165, 1.54) is 0 Å². The lowest BCUT2D eigenvalue weighted by Gasteiger charge is -2.09. The van der Waals surface area contributed by atoms with Crippen LogP contribution < -0.4 is 0 Å². The summed E-state index contributed by atoms with van der Waals surface area (Å²) in [5.74, 6) is 0.712. The van der Waals surface area contributed by atoms with Crippen LogP contribution in [-0.4, -0.2) is 26.5 Å². The van der Waals surface area contributed by atoms with Gasteiger partial charge >= 0.3 is 5.97 Å². The first-order valence-corrected chi connectivity index (χ1v) is 8.18. The van der Waals surface area contributed by atoms with E-state index in [0.717, 1.165) is 28.6 Å². The Morgan fingerprint density at radius 2 is 2.25 bits per heavy atom. The number of alkyl halides is 2. The van der Waals surface area contributed by atoms with E-state index in [9.17, 15) is 4.79 Å². The van der Waals surface area contributed by atoms with Crippen molar-refractivity contribution in [3.63, 3.8) is 0 Å². The summed E-state index contributed by atoms with van der Waals surface area (Å²) in [6, 6.07) is 0. The van der Waals surface area contributed by atoms with Crippen LogP contribution in [0.5, 0.6) is 0 Å². The number of halogens is 2. The van der Waals surface area contributed by atoms with Crippen molar-refractivity contribution in [2.75, 3.05) is 4.43 Å². The number of ether oxygens (including phenoxy) is 2. The van der Waals surface area contributed by atoms with E-state index in [4.69, 9.17) is 9.47 Å². The Kier molecular flexibility index (Phi) is 4.37. The monoisotopic (exact) mass is 448 g/mol. The maximum absolute atomic E-state index is 11.7. The fraction of sp³-hybridized carbons (Fsp3) is 0.727. The van der Waals surface area contributed by atoms with Crippen LogP contribution in [0.25, 0.3) is 0 Å². The molecule has 2 rings (SSSR count). The number of carbonyl (C=O) groups excluding carboxylic acids is 1. The summed E-state index contributed by atoms with van der Waals surface area (Å²) in [6.45, 7) is 2.06. The molecule has 2 saturated heterocycles. The van der Waals surface area contributed by atoms with Gasteiger partial charge in [-0.3, -0.25) is 0 Å². The molecular formula is C11H14I2O3. The normalized spacial score (nSPS) is 36.1. The fourth-order valence-corrected chi connectivity index (χ4v) is 2.98. The fourth-order valence-electron chi connectivity index (χ4n) is 1.96. The molecule has 0 saturated carbocycles. The number of hydrogen-bond acceptors (Lipinski definition) is 3. The first-order chi connectivity index (χ1) is 7.61. The molecule has 0 aromatic carbocycles. The lowest BCUT2D eigenvalue weighted by Crippen LogP contribution is -2.16. The second-order valence-corrected chi connectivity index (χ2v) is 7.01. The minimum atomic E-state index is -0.169. The average Bonchev–Trinajstić information content (AvgIpc) is 2.83. The summed E-state index contributed by atoms with van der Waals surface area (Å²) in [5.41, 5.74) is 0.779. The Morgan fingerprint density at radius 3 is 2.75 bits per heavy atom. The Bertz CT molecular complexity index is 325. The molecule has 90 valence electrons. The van der Waals surface area contributed by atoms with Crippen LogP contribution in [0.4, 0.5) is 0 Å². The number of rotatable bonds is 2. The summed E-state index contributed by atoms with van der Waals surface area (Å²) < 4.78 is 12.4. The molecule has 2 aliphatic heterocycles. The third kappa shape index (κ3) is 2.65. The standard InChI is InChI=1S/C11H14I2O3/c1-6(13)10-4-8(11(14)16-10)9-3-2-7(5-12)15-9/h6-7,10H,2-5H2,1H3/b9-8-. The molecule has 2 aliphatic rings. The minimum absolute atomic E-state index is 0.0258. The van der Waals surface area contributed by atoms with Crippen LogP contribution in [-0.2, 0) is 14.3 Å². The molecule has 0 spiro atoms. The van der Waals surface area contributed by atoms with Crippen LogP contribution >= 0.6 is 45.2 Å². The van der Waals surface area contributed by atoms with Gasteiger partial charge in [0, 0.05) is 21.2 Å². The van der Waals surface area contributed by atoms with Crippen molar-refractivity contribution in [3.8, 4) is 0 Å². The average molecular weight is 448 g/mol. The van der Waals surface area contributed by atoms with E-state index >= 15 is 0 Å². The van der Waals surface area contributed by atoms with Gasteiger partial charge < -0.3 is 9.47 Å². The number of allylic oxidation sites excluding steroid dienone is 1. The molecule has 5 heteroatoms. The lowest BCUT2D eigenvalue weighted by atomic mass is 10.1. The van der Waals surface area contributed by atoms with E-state index in [-0.39, 0.29) is 18.2 Å². The highest BCUT2D eigenvalue weighted by molar-refractivity contribution is 14.1. The molecule has 16 heavy (non-hydrogen) atoms. The van der Waals surface area contributed by atoms with Crippen molar-refractivity contribution in [2.24, 2.45) is 0 Å². The molecule has 2 heterocycles. The minimum Gasteiger partial charge on any atom is -0.493 e. The Morgan fingerprint density at radius 1 is 1.50 bits per heavy atom. The molecule has 0 amide bonds. The molecule has 0 radical (unpaired) electrons. The first kappa shape index (κ1) is 12.9. The third-order valence-electron chi connectivity index (χ3n) is 2.93. The quantitative estimate of drug-likeness (QED) is 0.282. The zero-order valence-electron chi connectivity index (χ0n) is 9.04. The summed E-state index contributed by atoms with van der Waals surface area (Å²) in [6.07, 6.45) is 2.94. The highest BCUT2D eigenvalue weighted by atomic mass is 127. The van der Waals surface area contributed by atoms with Crippen LogP contribution in [0.15, 0.2) is 11.3 Å². The number of esters is 1. The zero-order valence-corrected chi connectivity index (χ0v) is 13.4. The Labute approximate surface area is 123 Å². The number of cyclic esters (lactones) is 1. The van der Waals surface area contributed by atoms with Gasteiger partial charge in [-0.2, -0.15) is 0 Å². The van der Waals surface area contributed by atoms with Crippen LogP contribution in [0.2, 0.25) is 0 Å². The largest absolute Gasteiger partial charge is 0.493 e. The van der Waals surface area contributed by atoms with E-state index in [2.05, 4.69) is 52.1 Å². The van der Waals surface area contributed by atoms with E-state index in [1.807, 2.05) is 0 Å². The molecule has 0 aliphatic carbocycles. The molecule has 2 fully saturated rings. The summed E-state index contributed by atoms with van der Waals surface area (Å²) in [4.78, 5) is 11.7. The van der Waals surface area contributed by atoms with Gasteiger partial charge in [0.2, 0.25) is 0 Å². The molecule has 0 bridgehead atoms. The lowest BCUT2D eigenvalue weighted by molar-refractivity contribution is -0.138.